The lowest BCUT2D eigenvalue weighted by molar-refractivity contribution is -0.137. The van der Waals surface area contributed by atoms with Crippen LogP contribution >= 0.6 is 0 Å². The number of benzene rings is 4. The summed E-state index contributed by atoms with van der Waals surface area (Å²) in [5, 5.41) is 15.8. The lowest BCUT2D eigenvalue weighted by atomic mass is 9.81. The minimum Gasteiger partial charge on any atom is -0.481 e. The molecule has 0 saturated heterocycles. The van der Waals surface area contributed by atoms with E-state index in [2.05, 4.69) is 91.8 Å². The van der Waals surface area contributed by atoms with Crippen LogP contribution in [0, 0.1) is 0 Å². The molecule has 0 atom stereocenters. The van der Waals surface area contributed by atoms with Crippen molar-refractivity contribution in [3.05, 3.63) is 75.8 Å². The first-order valence-corrected chi connectivity index (χ1v) is 18.3. The average Bonchev–Trinajstić information content (AvgIpc) is 3.44. The summed E-state index contributed by atoms with van der Waals surface area (Å²) in [5.41, 5.74) is 4.18. The van der Waals surface area contributed by atoms with Gasteiger partial charge in [-0.25, -0.2) is 4.58 Å². The van der Waals surface area contributed by atoms with Crippen molar-refractivity contribution in [2.24, 2.45) is 0 Å². The number of carboxylic acids is 1. The van der Waals surface area contributed by atoms with E-state index in [1.54, 1.807) is 0 Å². The SMILES string of the molecule is CC1(C)CN(CCCCCC(=O)O)c2c1c1c(c3ccccc23)C=c2c(c3c(c4ccccc24)=[N+](CCCS(=O)(=O)O)CC3(C)C)O1. The van der Waals surface area contributed by atoms with Gasteiger partial charge >= 0.3 is 5.97 Å². The highest BCUT2D eigenvalue weighted by atomic mass is 32.2. The number of hydrogen-bond donors (Lipinski definition) is 2. The molecule has 3 aliphatic rings. The Kier molecular flexibility index (Phi) is 7.63. The van der Waals surface area contributed by atoms with Crippen LogP contribution in [0.1, 0.15) is 76.5 Å². The van der Waals surface area contributed by atoms with E-state index in [-0.39, 0.29) is 23.0 Å². The summed E-state index contributed by atoms with van der Waals surface area (Å²) in [5.74, 6) is 0.758. The fraction of sp³-hybridized carbons (Fsp3) is 0.421. The zero-order valence-corrected chi connectivity index (χ0v) is 28.4. The standard InChI is InChI=1S/C38H42N2O6S/c1-37(2)22-39(18-11-5-6-17-30(41)42)33-26-15-9-7-13-24(26)28-21-29-25-14-8-10-16-27(25)34-32(36(29)46-35(28)31(33)37)38(3,4)23-40(34)19-12-20-47(43,44)45/h7-10,13-16,21H,5-6,11-12,17-20,22-23H2,1-4H3,(H-,41,42,43,44,45)/p+1. The van der Waals surface area contributed by atoms with Crippen LogP contribution in [0.25, 0.3) is 27.6 Å². The van der Waals surface area contributed by atoms with Gasteiger partial charge < -0.3 is 14.7 Å². The van der Waals surface area contributed by atoms with Crippen molar-refractivity contribution in [1.29, 1.82) is 0 Å². The number of aliphatic carboxylic acids is 1. The number of carbonyl (C=O) groups is 1. The molecule has 9 heteroatoms. The molecule has 4 aromatic rings. The molecule has 0 aliphatic carbocycles. The molecular formula is C38H43N2O6S+. The smallest absolute Gasteiger partial charge is 0.303 e. The van der Waals surface area contributed by atoms with Gasteiger partial charge in [0.1, 0.15) is 18.0 Å². The zero-order chi connectivity index (χ0) is 33.3. The van der Waals surface area contributed by atoms with Gasteiger partial charge in [0.25, 0.3) is 10.1 Å². The molecule has 3 heterocycles. The number of carboxylic acid groups (broad SMARTS) is 1. The van der Waals surface area contributed by atoms with Crippen molar-refractivity contribution in [1.82, 2.24) is 4.58 Å². The molecule has 0 fully saturated rings. The molecule has 3 aliphatic heterocycles. The van der Waals surface area contributed by atoms with E-state index in [4.69, 9.17) is 9.84 Å². The number of hydrogen-bond acceptors (Lipinski definition) is 5. The van der Waals surface area contributed by atoms with Gasteiger partial charge in [-0.15, -0.1) is 0 Å². The minimum atomic E-state index is -4.05. The molecule has 0 bridgehead atoms. The van der Waals surface area contributed by atoms with E-state index < -0.39 is 16.1 Å². The summed E-state index contributed by atoms with van der Waals surface area (Å²) >= 11 is 0. The molecule has 0 spiro atoms. The number of ether oxygens (including phenoxy) is 1. The van der Waals surface area contributed by atoms with Crippen molar-refractivity contribution < 1.29 is 27.6 Å². The van der Waals surface area contributed by atoms with Gasteiger partial charge in [0.2, 0.25) is 5.36 Å². The Morgan fingerprint density at radius 2 is 1.55 bits per heavy atom. The molecule has 2 N–H and O–H groups in total. The van der Waals surface area contributed by atoms with Crippen molar-refractivity contribution in [3.8, 4) is 11.5 Å². The Morgan fingerprint density at radius 1 is 0.872 bits per heavy atom. The second-order valence-corrected chi connectivity index (χ2v) is 16.3. The van der Waals surface area contributed by atoms with Crippen molar-refractivity contribution in [3.63, 3.8) is 0 Å². The van der Waals surface area contributed by atoms with Crippen molar-refractivity contribution in [2.75, 3.05) is 36.8 Å². The predicted octanol–water partition coefficient (Wildman–Crippen LogP) is 5.73. The summed E-state index contributed by atoms with van der Waals surface area (Å²) in [6.07, 6.45) is 5.32. The van der Waals surface area contributed by atoms with Gasteiger partial charge in [0.15, 0.2) is 6.54 Å². The van der Waals surface area contributed by atoms with Crippen LogP contribution in [0.5, 0.6) is 11.5 Å². The van der Waals surface area contributed by atoms with E-state index in [1.807, 2.05) is 0 Å². The zero-order valence-electron chi connectivity index (χ0n) is 27.6. The monoisotopic (exact) mass is 655 g/mol. The first-order valence-electron chi connectivity index (χ1n) is 16.6. The molecule has 8 nitrogen and oxygen atoms in total. The molecule has 0 saturated carbocycles. The molecule has 4 aromatic carbocycles. The number of anilines is 1. The molecule has 47 heavy (non-hydrogen) atoms. The normalized spacial score (nSPS) is 17.2. The molecule has 0 unspecified atom stereocenters. The second kappa shape index (κ2) is 11.3. The van der Waals surface area contributed by atoms with Gasteiger partial charge in [0.05, 0.1) is 27.8 Å². The van der Waals surface area contributed by atoms with Gasteiger partial charge in [-0.05, 0) is 49.6 Å². The van der Waals surface area contributed by atoms with Crippen LogP contribution < -0.4 is 24.8 Å². The maximum atomic E-state index is 11.6. The molecule has 246 valence electrons. The number of fused-ring (bicyclic) bond motifs is 12. The molecular weight excluding hydrogens is 612 g/mol. The topological polar surface area (TPSA) is 107 Å². The van der Waals surface area contributed by atoms with Crippen LogP contribution in [-0.4, -0.2) is 56.0 Å². The number of nitrogens with zero attached hydrogens (tertiary/aromatic N) is 2. The lowest BCUT2D eigenvalue weighted by Crippen LogP contribution is -2.31. The maximum absolute atomic E-state index is 11.6. The summed E-state index contributed by atoms with van der Waals surface area (Å²) in [7, 11) is -4.05. The maximum Gasteiger partial charge on any atom is 0.303 e. The minimum absolute atomic E-state index is 0.187. The first-order chi connectivity index (χ1) is 22.3. The predicted molar refractivity (Wildman–Crippen MR) is 187 cm³/mol. The van der Waals surface area contributed by atoms with E-state index in [1.165, 1.54) is 16.6 Å². The van der Waals surface area contributed by atoms with Crippen molar-refractivity contribution in [2.45, 2.75) is 70.6 Å². The highest BCUT2D eigenvalue weighted by molar-refractivity contribution is 7.85. The third-order valence-electron chi connectivity index (χ3n) is 10.2. The molecule has 0 aromatic heterocycles. The van der Waals surface area contributed by atoms with Crippen LogP contribution in [0.4, 0.5) is 5.69 Å². The van der Waals surface area contributed by atoms with Crippen LogP contribution in [0.15, 0.2) is 48.5 Å². The molecule has 0 amide bonds. The summed E-state index contributed by atoms with van der Waals surface area (Å²) in [6.45, 7) is 11.9. The van der Waals surface area contributed by atoms with Crippen LogP contribution in [0.3, 0.4) is 0 Å². The Morgan fingerprint density at radius 3 is 2.26 bits per heavy atom. The highest BCUT2D eigenvalue weighted by Crippen LogP contribution is 2.54. The summed E-state index contributed by atoms with van der Waals surface area (Å²) < 4.78 is 42.1. The third-order valence-corrected chi connectivity index (χ3v) is 11.0. The van der Waals surface area contributed by atoms with E-state index in [9.17, 15) is 17.8 Å². The van der Waals surface area contributed by atoms with Crippen LogP contribution in [-0.2, 0) is 25.7 Å². The summed E-state index contributed by atoms with van der Waals surface area (Å²) in [4.78, 5) is 13.5. The van der Waals surface area contributed by atoms with E-state index >= 15 is 0 Å². The Balaban J connectivity index is 1.44. The fourth-order valence-electron chi connectivity index (χ4n) is 8.35. The Labute approximate surface area is 275 Å². The third kappa shape index (κ3) is 5.47. The Hall–Kier alpha value is -3.95. The first kappa shape index (κ1) is 31.6. The quantitative estimate of drug-likeness (QED) is 0.112. The fourth-order valence-corrected chi connectivity index (χ4v) is 8.84. The largest absolute Gasteiger partial charge is 0.481 e. The number of unbranched alkanes of at least 4 members (excludes halogenated alkanes) is 2. The van der Waals surface area contributed by atoms with Gasteiger partial charge in [-0.3, -0.25) is 9.35 Å². The summed E-state index contributed by atoms with van der Waals surface area (Å²) in [6, 6.07) is 17.0. The van der Waals surface area contributed by atoms with Crippen molar-refractivity contribution >= 4 is 49.4 Å². The van der Waals surface area contributed by atoms with Gasteiger partial charge in [0, 0.05) is 53.1 Å². The van der Waals surface area contributed by atoms with Crippen LogP contribution in [0.2, 0.25) is 0 Å². The second-order valence-electron chi connectivity index (χ2n) is 14.7. The number of rotatable bonds is 10. The Bertz CT molecular complexity index is 2200. The van der Waals surface area contributed by atoms with Gasteiger partial charge in [-0.2, -0.15) is 8.42 Å². The van der Waals surface area contributed by atoms with E-state index in [0.717, 1.165) is 75.3 Å². The average molecular weight is 656 g/mol. The molecule has 0 radical (unpaired) electrons. The highest BCUT2D eigenvalue weighted by Gasteiger charge is 2.45. The lowest BCUT2D eigenvalue weighted by Gasteiger charge is -2.28. The molecule has 7 rings (SSSR count). The van der Waals surface area contributed by atoms with E-state index in [0.29, 0.717) is 25.9 Å². The van der Waals surface area contributed by atoms with Gasteiger partial charge in [-0.1, -0.05) is 62.7 Å².